The first-order valence-corrected chi connectivity index (χ1v) is 5.31. The molecule has 1 aromatic rings. The van der Waals surface area contributed by atoms with E-state index in [0.717, 1.165) is 0 Å². The van der Waals surface area contributed by atoms with Crippen molar-refractivity contribution < 1.29 is 14.7 Å². The number of benzene rings is 1. The molecule has 5 nitrogen and oxygen atoms in total. The maximum Gasteiger partial charge on any atom is 0.326 e. The normalized spacial score (nSPS) is 13.8. The van der Waals surface area contributed by atoms with E-state index in [-0.39, 0.29) is 0 Å². The molecule has 0 fully saturated rings. The van der Waals surface area contributed by atoms with Gasteiger partial charge < -0.3 is 10.8 Å². The van der Waals surface area contributed by atoms with Gasteiger partial charge in [0, 0.05) is 5.69 Å². The fourth-order valence-electron chi connectivity index (χ4n) is 1.46. The quantitative estimate of drug-likeness (QED) is 0.811. The minimum absolute atomic E-state index is 0.411. The van der Waals surface area contributed by atoms with E-state index in [1.54, 1.807) is 30.3 Å². The summed E-state index contributed by atoms with van der Waals surface area (Å²) in [6.07, 6.45) is 0. The number of nitrogens with zero attached hydrogens (tertiary/aromatic N) is 1. The Morgan fingerprint density at radius 1 is 1.24 bits per heavy atom. The maximum atomic E-state index is 11.9. The molecule has 1 amide bonds. The van der Waals surface area contributed by atoms with Crippen molar-refractivity contribution in [1.82, 2.24) is 0 Å². The van der Waals surface area contributed by atoms with Crippen molar-refractivity contribution in [3.8, 4) is 0 Å². The Balaban J connectivity index is 3.12. The van der Waals surface area contributed by atoms with Crippen LogP contribution in [0.3, 0.4) is 0 Å². The minimum atomic E-state index is -1.07. The molecular formula is C12H16N2O3. The Hall–Kier alpha value is -1.88. The summed E-state index contributed by atoms with van der Waals surface area (Å²) in [5.41, 5.74) is 6.06. The molecule has 5 heteroatoms. The largest absolute Gasteiger partial charge is 0.480 e. The number of amides is 1. The second-order valence-corrected chi connectivity index (χ2v) is 3.85. The first kappa shape index (κ1) is 13.2. The van der Waals surface area contributed by atoms with Gasteiger partial charge in [0.25, 0.3) is 0 Å². The molecule has 0 saturated heterocycles. The van der Waals surface area contributed by atoms with Crippen molar-refractivity contribution in [2.45, 2.75) is 25.9 Å². The number of carboxylic acid groups (broad SMARTS) is 1. The summed E-state index contributed by atoms with van der Waals surface area (Å²) in [5, 5.41) is 9.01. The number of carbonyl (C=O) groups excluding carboxylic acids is 1. The lowest BCUT2D eigenvalue weighted by atomic mass is 10.2. The molecule has 3 N–H and O–H groups in total. The predicted octanol–water partition coefficient (Wildman–Crippen LogP) is 0.840. The van der Waals surface area contributed by atoms with E-state index in [0.29, 0.717) is 5.69 Å². The van der Waals surface area contributed by atoms with Crippen LogP contribution in [0.15, 0.2) is 30.3 Å². The van der Waals surface area contributed by atoms with E-state index in [2.05, 4.69) is 0 Å². The van der Waals surface area contributed by atoms with Crippen molar-refractivity contribution in [1.29, 1.82) is 0 Å². The summed E-state index contributed by atoms with van der Waals surface area (Å²) < 4.78 is 0. The summed E-state index contributed by atoms with van der Waals surface area (Å²) in [5.74, 6) is -1.48. The van der Waals surface area contributed by atoms with Crippen LogP contribution in [-0.2, 0) is 9.59 Å². The number of anilines is 1. The molecule has 0 spiro atoms. The highest BCUT2D eigenvalue weighted by atomic mass is 16.4. The number of nitrogens with two attached hydrogens (primary N) is 1. The van der Waals surface area contributed by atoms with Crippen molar-refractivity contribution in [3.05, 3.63) is 30.3 Å². The molecular weight excluding hydrogens is 220 g/mol. The molecule has 0 heterocycles. The summed E-state index contributed by atoms with van der Waals surface area (Å²) in [7, 11) is 0. The highest BCUT2D eigenvalue weighted by Gasteiger charge is 2.28. The van der Waals surface area contributed by atoms with Crippen LogP contribution in [0.25, 0.3) is 0 Å². The molecule has 17 heavy (non-hydrogen) atoms. The van der Waals surface area contributed by atoms with Crippen LogP contribution >= 0.6 is 0 Å². The summed E-state index contributed by atoms with van der Waals surface area (Å²) in [6, 6.07) is 6.95. The van der Waals surface area contributed by atoms with E-state index in [4.69, 9.17) is 10.8 Å². The molecule has 0 saturated carbocycles. The number of carbonyl (C=O) groups is 2. The third-order valence-electron chi connectivity index (χ3n) is 2.41. The van der Waals surface area contributed by atoms with Crippen molar-refractivity contribution >= 4 is 17.6 Å². The van der Waals surface area contributed by atoms with E-state index < -0.39 is 24.0 Å². The van der Waals surface area contributed by atoms with Gasteiger partial charge in [-0.15, -0.1) is 0 Å². The number of hydrogen-bond acceptors (Lipinski definition) is 3. The molecule has 2 unspecified atom stereocenters. The zero-order valence-corrected chi connectivity index (χ0v) is 9.83. The lowest BCUT2D eigenvalue weighted by Gasteiger charge is -2.28. The molecule has 0 aliphatic carbocycles. The molecule has 0 radical (unpaired) electrons. The molecule has 92 valence electrons. The van der Waals surface area contributed by atoms with Crippen LogP contribution in [0, 0.1) is 0 Å². The number of carboxylic acids is 1. The zero-order valence-electron chi connectivity index (χ0n) is 9.83. The van der Waals surface area contributed by atoms with Crippen LogP contribution in [-0.4, -0.2) is 29.1 Å². The van der Waals surface area contributed by atoms with Crippen LogP contribution < -0.4 is 10.6 Å². The van der Waals surface area contributed by atoms with Crippen LogP contribution in [0.2, 0.25) is 0 Å². The highest BCUT2D eigenvalue weighted by molar-refractivity contribution is 6.01. The summed E-state index contributed by atoms with van der Waals surface area (Å²) in [4.78, 5) is 24.1. The van der Waals surface area contributed by atoms with Gasteiger partial charge in [0.05, 0.1) is 6.04 Å². The standard InChI is InChI=1S/C12H16N2O3/c1-8(13)11(15)14(9(2)12(16)17)10-6-4-3-5-7-10/h3-9H,13H2,1-2H3,(H,16,17). The van der Waals surface area contributed by atoms with Gasteiger partial charge >= 0.3 is 5.97 Å². The smallest absolute Gasteiger partial charge is 0.326 e. The monoisotopic (exact) mass is 236 g/mol. The molecule has 1 aromatic carbocycles. The van der Waals surface area contributed by atoms with Gasteiger partial charge in [-0.3, -0.25) is 9.69 Å². The first-order valence-electron chi connectivity index (χ1n) is 5.31. The Bertz CT molecular complexity index is 403. The second kappa shape index (κ2) is 5.45. The Labute approximate surface area is 99.8 Å². The fraction of sp³-hybridized carbons (Fsp3) is 0.333. The van der Waals surface area contributed by atoms with Gasteiger partial charge in [0.1, 0.15) is 6.04 Å². The van der Waals surface area contributed by atoms with E-state index in [1.165, 1.54) is 18.7 Å². The lowest BCUT2D eigenvalue weighted by Crippen LogP contribution is -2.49. The number of aliphatic carboxylic acids is 1. The average Bonchev–Trinajstić information content (AvgIpc) is 2.30. The zero-order chi connectivity index (χ0) is 13.0. The van der Waals surface area contributed by atoms with Crippen LogP contribution in [0.4, 0.5) is 5.69 Å². The number of para-hydroxylation sites is 1. The van der Waals surface area contributed by atoms with Gasteiger partial charge in [-0.05, 0) is 26.0 Å². The maximum absolute atomic E-state index is 11.9. The van der Waals surface area contributed by atoms with Crippen molar-refractivity contribution in [3.63, 3.8) is 0 Å². The van der Waals surface area contributed by atoms with Crippen LogP contribution in [0.5, 0.6) is 0 Å². The molecule has 0 bridgehead atoms. The van der Waals surface area contributed by atoms with Crippen LogP contribution in [0.1, 0.15) is 13.8 Å². The molecule has 0 aliphatic heterocycles. The summed E-state index contributed by atoms with van der Waals surface area (Å²) >= 11 is 0. The van der Waals surface area contributed by atoms with Gasteiger partial charge in [-0.2, -0.15) is 0 Å². The number of rotatable bonds is 4. The predicted molar refractivity (Wildman–Crippen MR) is 64.7 cm³/mol. The number of hydrogen-bond donors (Lipinski definition) is 2. The molecule has 2 atom stereocenters. The summed E-state index contributed by atoms with van der Waals surface area (Å²) in [6.45, 7) is 2.99. The fourth-order valence-corrected chi connectivity index (χ4v) is 1.46. The Morgan fingerprint density at radius 2 is 1.76 bits per heavy atom. The SMILES string of the molecule is CC(N)C(=O)N(c1ccccc1)C(C)C(=O)O. The average molecular weight is 236 g/mol. The molecule has 1 rings (SSSR count). The van der Waals surface area contributed by atoms with Crippen molar-refractivity contribution in [2.75, 3.05) is 4.90 Å². The van der Waals surface area contributed by atoms with Gasteiger partial charge in [0.15, 0.2) is 0 Å². The lowest BCUT2D eigenvalue weighted by molar-refractivity contribution is -0.139. The van der Waals surface area contributed by atoms with E-state index in [1.807, 2.05) is 0 Å². The molecule has 0 aromatic heterocycles. The molecule has 0 aliphatic rings. The topological polar surface area (TPSA) is 83.6 Å². The Kier molecular flexibility index (Phi) is 4.23. The second-order valence-electron chi connectivity index (χ2n) is 3.85. The van der Waals surface area contributed by atoms with Gasteiger partial charge in [-0.1, -0.05) is 18.2 Å². The third-order valence-corrected chi connectivity index (χ3v) is 2.41. The highest BCUT2D eigenvalue weighted by Crippen LogP contribution is 2.17. The van der Waals surface area contributed by atoms with Gasteiger partial charge in [-0.25, -0.2) is 4.79 Å². The third kappa shape index (κ3) is 3.04. The Morgan fingerprint density at radius 3 is 2.18 bits per heavy atom. The van der Waals surface area contributed by atoms with Gasteiger partial charge in [0.2, 0.25) is 5.91 Å². The van der Waals surface area contributed by atoms with Crippen molar-refractivity contribution in [2.24, 2.45) is 5.73 Å². The minimum Gasteiger partial charge on any atom is -0.480 e. The van der Waals surface area contributed by atoms with E-state index in [9.17, 15) is 9.59 Å². The van der Waals surface area contributed by atoms with E-state index >= 15 is 0 Å². The first-order chi connectivity index (χ1) is 7.95.